The number of ether oxygens (including phenoxy) is 2. The van der Waals surface area contributed by atoms with E-state index in [-0.39, 0.29) is 19.4 Å². The van der Waals surface area contributed by atoms with E-state index in [0.29, 0.717) is 12.8 Å². The average molecular weight is 815 g/mol. The number of allylic oxidation sites excluding steroid dienone is 6. The number of aliphatic hydroxyl groups is 2. The van der Waals surface area contributed by atoms with Crippen LogP contribution in [0.1, 0.15) is 200 Å². The molecule has 11 heteroatoms. The topological polar surface area (TPSA) is 149 Å². The van der Waals surface area contributed by atoms with Crippen LogP contribution in [-0.2, 0) is 32.7 Å². The van der Waals surface area contributed by atoms with Gasteiger partial charge in [-0.2, -0.15) is 0 Å². The number of hydrogen-bond donors (Lipinski definition) is 3. The van der Waals surface area contributed by atoms with Gasteiger partial charge in [0.2, 0.25) is 0 Å². The van der Waals surface area contributed by atoms with Crippen molar-refractivity contribution in [3.05, 3.63) is 36.5 Å². The minimum atomic E-state index is -4.62. The Morgan fingerprint density at radius 2 is 0.929 bits per heavy atom. The van der Waals surface area contributed by atoms with Crippen molar-refractivity contribution in [2.45, 2.75) is 212 Å². The van der Waals surface area contributed by atoms with Crippen molar-refractivity contribution in [1.29, 1.82) is 0 Å². The Bertz CT molecular complexity index is 1030. The highest BCUT2D eigenvalue weighted by Crippen LogP contribution is 2.43. The number of unbranched alkanes of at least 4 members (excludes halogenated alkanes) is 22. The van der Waals surface area contributed by atoms with Crippen LogP contribution < -0.4 is 0 Å². The summed E-state index contributed by atoms with van der Waals surface area (Å²) in [5, 5.41) is 18.3. The van der Waals surface area contributed by atoms with Gasteiger partial charge < -0.3 is 24.6 Å². The first-order valence-corrected chi connectivity index (χ1v) is 23.9. The lowest BCUT2D eigenvalue weighted by Crippen LogP contribution is -2.29. The highest BCUT2D eigenvalue weighted by molar-refractivity contribution is 7.47. The van der Waals surface area contributed by atoms with Crippen LogP contribution in [0.5, 0.6) is 0 Å². The largest absolute Gasteiger partial charge is 0.472 e. The fourth-order valence-electron chi connectivity index (χ4n) is 6.06. The molecule has 1 unspecified atom stereocenters. The Morgan fingerprint density at radius 3 is 1.43 bits per heavy atom. The fourth-order valence-corrected chi connectivity index (χ4v) is 6.85. The normalized spacial score (nSPS) is 14.2. The van der Waals surface area contributed by atoms with E-state index in [4.69, 9.17) is 23.6 Å². The second kappa shape index (κ2) is 41.4. The third kappa shape index (κ3) is 40.4. The van der Waals surface area contributed by atoms with Gasteiger partial charge in [-0.1, -0.05) is 172 Å². The number of phosphoric acid groups is 1. The Morgan fingerprint density at radius 1 is 0.536 bits per heavy atom. The molecule has 0 saturated carbocycles. The summed E-state index contributed by atoms with van der Waals surface area (Å²) in [7, 11) is -4.62. The molecule has 0 heterocycles. The van der Waals surface area contributed by atoms with Crippen molar-refractivity contribution in [3.8, 4) is 0 Å². The molecule has 0 fully saturated rings. The lowest BCUT2D eigenvalue weighted by molar-refractivity contribution is -0.161. The summed E-state index contributed by atoms with van der Waals surface area (Å²) in [6.45, 7) is 2.34. The smallest absolute Gasteiger partial charge is 0.462 e. The number of aliphatic hydroxyl groups excluding tert-OH is 2. The molecule has 3 atom stereocenters. The third-order valence-electron chi connectivity index (χ3n) is 9.55. The fraction of sp³-hybridized carbons (Fsp3) is 0.822. The molecule has 328 valence electrons. The van der Waals surface area contributed by atoms with Gasteiger partial charge in [0.15, 0.2) is 6.10 Å². The van der Waals surface area contributed by atoms with E-state index in [0.717, 1.165) is 57.8 Å². The summed E-state index contributed by atoms with van der Waals surface area (Å²) in [6, 6.07) is 0. The van der Waals surface area contributed by atoms with Crippen LogP contribution in [-0.4, -0.2) is 65.7 Å². The molecule has 0 aromatic heterocycles. The van der Waals surface area contributed by atoms with Crippen LogP contribution in [0.4, 0.5) is 0 Å². The minimum absolute atomic E-state index is 0.160. The van der Waals surface area contributed by atoms with Gasteiger partial charge in [0.05, 0.1) is 19.8 Å². The second-order valence-corrected chi connectivity index (χ2v) is 16.5. The molecule has 0 spiro atoms. The van der Waals surface area contributed by atoms with Crippen LogP contribution >= 0.6 is 7.82 Å². The third-order valence-corrected chi connectivity index (χ3v) is 10.5. The summed E-state index contributed by atoms with van der Waals surface area (Å²) >= 11 is 0. The molecular weight excluding hydrogens is 731 g/mol. The number of hydrogen-bond acceptors (Lipinski definition) is 9. The lowest BCUT2D eigenvalue weighted by atomic mass is 10.0. The van der Waals surface area contributed by atoms with Gasteiger partial charge >= 0.3 is 19.8 Å². The van der Waals surface area contributed by atoms with Gasteiger partial charge in [-0.25, -0.2) is 4.57 Å². The monoisotopic (exact) mass is 815 g/mol. The van der Waals surface area contributed by atoms with Crippen molar-refractivity contribution < 1.29 is 47.8 Å². The first kappa shape index (κ1) is 54.2. The predicted molar refractivity (Wildman–Crippen MR) is 228 cm³/mol. The summed E-state index contributed by atoms with van der Waals surface area (Å²) in [5.41, 5.74) is 0. The number of esters is 2. The number of carbonyl (C=O) groups is 2. The molecule has 3 N–H and O–H groups in total. The van der Waals surface area contributed by atoms with Crippen molar-refractivity contribution in [3.63, 3.8) is 0 Å². The zero-order chi connectivity index (χ0) is 41.2. The molecular formula is C45H83O10P. The maximum Gasteiger partial charge on any atom is 0.472 e. The highest BCUT2D eigenvalue weighted by atomic mass is 31.2. The van der Waals surface area contributed by atoms with Crippen LogP contribution in [0.15, 0.2) is 36.5 Å². The summed E-state index contributed by atoms with van der Waals surface area (Å²) in [5.74, 6) is -0.944. The molecule has 0 aliphatic rings. The van der Waals surface area contributed by atoms with Crippen molar-refractivity contribution in [2.24, 2.45) is 0 Å². The van der Waals surface area contributed by atoms with E-state index in [1.54, 1.807) is 0 Å². The van der Waals surface area contributed by atoms with Gasteiger partial charge in [-0.15, -0.1) is 0 Å². The predicted octanol–water partition coefficient (Wildman–Crippen LogP) is 11.9. The Hall–Kier alpha value is -1.81. The average Bonchev–Trinajstić information content (AvgIpc) is 3.19. The summed E-state index contributed by atoms with van der Waals surface area (Å²) in [4.78, 5) is 35.0. The van der Waals surface area contributed by atoms with Crippen LogP contribution in [0.25, 0.3) is 0 Å². The maximum atomic E-state index is 12.6. The van der Waals surface area contributed by atoms with E-state index < -0.39 is 51.8 Å². The first-order chi connectivity index (χ1) is 27.2. The van der Waals surface area contributed by atoms with Gasteiger partial charge in [-0.05, 0) is 51.4 Å². The molecule has 56 heavy (non-hydrogen) atoms. The molecule has 0 aromatic carbocycles. The highest BCUT2D eigenvalue weighted by Gasteiger charge is 2.27. The Balaban J connectivity index is 4.31. The number of carbonyl (C=O) groups excluding carboxylic acids is 2. The summed E-state index contributed by atoms with van der Waals surface area (Å²) < 4.78 is 32.7. The standard InChI is InChI=1S/C45H83O10P/c1-3-5-7-9-11-13-15-17-19-21-23-25-27-29-31-33-35-37-45(49)55-43(41-54-56(50,51)53-39-42(47)38-46)40-52-44(48)36-34-32-30-28-26-24-22-20-18-16-14-12-10-8-6-4-2/h11,13,17,19,23,25,42-43,46-47H,3-10,12,14-16,18,20-22,24,26-41H2,1-2H3,(H,50,51)/b13-11-,19-17-,25-23-/t42-,43+/m0/s1. The number of rotatable bonds is 42. The Labute approximate surface area is 341 Å². The SMILES string of the molecule is CCCCC/C=C\C/C=C\C/C=C\CCCCCCC(=O)O[C@H](COC(=O)CCCCCCCCCCCCCCCCCC)COP(=O)(O)OC[C@@H](O)CO. The van der Waals surface area contributed by atoms with Gasteiger partial charge in [-0.3, -0.25) is 18.6 Å². The molecule has 0 aliphatic carbocycles. The zero-order valence-electron chi connectivity index (χ0n) is 35.6. The van der Waals surface area contributed by atoms with E-state index in [1.807, 2.05) is 0 Å². The van der Waals surface area contributed by atoms with Crippen LogP contribution in [0, 0.1) is 0 Å². The molecule has 0 radical (unpaired) electrons. The quantitative estimate of drug-likeness (QED) is 0.0235. The summed E-state index contributed by atoms with van der Waals surface area (Å²) in [6.07, 6.45) is 42.5. The minimum Gasteiger partial charge on any atom is -0.462 e. The van der Waals surface area contributed by atoms with E-state index in [2.05, 4.69) is 50.3 Å². The van der Waals surface area contributed by atoms with Crippen LogP contribution in [0.3, 0.4) is 0 Å². The molecule has 0 aromatic rings. The Kier molecular flexibility index (Phi) is 40.0. The maximum absolute atomic E-state index is 12.6. The second-order valence-electron chi connectivity index (χ2n) is 15.1. The molecule has 0 aliphatic heterocycles. The van der Waals surface area contributed by atoms with E-state index in [9.17, 15) is 24.2 Å². The van der Waals surface area contributed by atoms with Gasteiger partial charge in [0.1, 0.15) is 12.7 Å². The zero-order valence-corrected chi connectivity index (χ0v) is 36.5. The van der Waals surface area contributed by atoms with E-state index in [1.165, 1.54) is 103 Å². The number of phosphoric ester groups is 1. The van der Waals surface area contributed by atoms with Crippen molar-refractivity contribution >= 4 is 19.8 Å². The molecule has 0 amide bonds. The van der Waals surface area contributed by atoms with Crippen LogP contribution in [0.2, 0.25) is 0 Å². The van der Waals surface area contributed by atoms with Gasteiger partial charge in [0.25, 0.3) is 0 Å². The lowest BCUT2D eigenvalue weighted by Gasteiger charge is -2.20. The molecule has 0 saturated heterocycles. The molecule has 0 rings (SSSR count). The molecule has 0 bridgehead atoms. The van der Waals surface area contributed by atoms with Crippen molar-refractivity contribution in [1.82, 2.24) is 0 Å². The van der Waals surface area contributed by atoms with E-state index >= 15 is 0 Å². The van der Waals surface area contributed by atoms with Gasteiger partial charge in [0, 0.05) is 12.8 Å². The first-order valence-electron chi connectivity index (χ1n) is 22.4. The molecule has 10 nitrogen and oxygen atoms in total. The van der Waals surface area contributed by atoms with Crippen molar-refractivity contribution in [2.75, 3.05) is 26.4 Å².